The normalized spacial score (nSPS) is 16.7. The van der Waals surface area contributed by atoms with Gasteiger partial charge in [-0.1, -0.05) is 48.5 Å². The second-order valence-corrected chi connectivity index (χ2v) is 7.82. The van der Waals surface area contributed by atoms with Gasteiger partial charge in [-0.25, -0.2) is 9.59 Å². The molecule has 6 nitrogen and oxygen atoms in total. The summed E-state index contributed by atoms with van der Waals surface area (Å²) in [6, 6.07) is 20.6. The molecule has 156 valence electrons. The molecule has 31 heavy (non-hydrogen) atoms. The highest BCUT2D eigenvalue weighted by molar-refractivity contribution is 5.94. The summed E-state index contributed by atoms with van der Waals surface area (Å²) in [5.74, 6) is -0.703. The number of hydrogen-bond acceptors (Lipinski definition) is 4. The van der Waals surface area contributed by atoms with Crippen LogP contribution in [0.3, 0.4) is 0 Å². The third-order valence-corrected chi connectivity index (χ3v) is 5.92. The second kappa shape index (κ2) is 7.47. The van der Waals surface area contributed by atoms with Crippen LogP contribution >= 0.6 is 0 Å². The lowest BCUT2D eigenvalue weighted by atomic mass is 9.98. The Morgan fingerprint density at radius 1 is 1.03 bits per heavy atom. The van der Waals surface area contributed by atoms with Crippen LogP contribution in [0.5, 0.6) is 5.75 Å². The van der Waals surface area contributed by atoms with Crippen molar-refractivity contribution in [3.63, 3.8) is 0 Å². The van der Waals surface area contributed by atoms with E-state index in [1.54, 1.807) is 6.07 Å². The molecule has 0 spiro atoms. The zero-order valence-corrected chi connectivity index (χ0v) is 16.9. The van der Waals surface area contributed by atoms with E-state index in [-0.39, 0.29) is 30.7 Å². The lowest BCUT2D eigenvalue weighted by Crippen LogP contribution is -2.45. The summed E-state index contributed by atoms with van der Waals surface area (Å²) < 4.78 is 11.5. The zero-order chi connectivity index (χ0) is 21.5. The van der Waals surface area contributed by atoms with Crippen molar-refractivity contribution in [2.75, 3.05) is 18.1 Å². The fourth-order valence-electron chi connectivity index (χ4n) is 4.43. The van der Waals surface area contributed by atoms with Gasteiger partial charge in [0.2, 0.25) is 0 Å². The lowest BCUT2D eigenvalue weighted by Gasteiger charge is -2.34. The van der Waals surface area contributed by atoms with E-state index in [1.807, 2.05) is 31.2 Å². The molecule has 3 aromatic carbocycles. The summed E-state index contributed by atoms with van der Waals surface area (Å²) >= 11 is 0. The van der Waals surface area contributed by atoms with Gasteiger partial charge in [-0.05, 0) is 47.4 Å². The molecule has 1 amide bonds. The molecule has 5 rings (SSSR count). The first-order chi connectivity index (χ1) is 15.0. The molecule has 1 aliphatic carbocycles. The highest BCUT2D eigenvalue weighted by atomic mass is 16.6. The van der Waals surface area contributed by atoms with Crippen LogP contribution in [-0.2, 0) is 4.74 Å². The number of fused-ring (bicyclic) bond motifs is 4. The monoisotopic (exact) mass is 415 g/mol. The summed E-state index contributed by atoms with van der Waals surface area (Å²) in [7, 11) is 0. The predicted molar refractivity (Wildman–Crippen MR) is 116 cm³/mol. The SMILES string of the molecule is CC1COc2cc(C(=O)O)ccc2N1C(=O)OCC1c2ccccc2-c2ccccc21. The molecule has 0 saturated carbocycles. The predicted octanol–water partition coefficient (Wildman–Crippen LogP) is 4.92. The fourth-order valence-corrected chi connectivity index (χ4v) is 4.43. The highest BCUT2D eigenvalue weighted by Crippen LogP contribution is 2.44. The zero-order valence-electron chi connectivity index (χ0n) is 16.9. The fraction of sp³-hybridized carbons (Fsp3) is 0.200. The molecule has 1 unspecified atom stereocenters. The topological polar surface area (TPSA) is 76.1 Å². The molecule has 1 heterocycles. The van der Waals surface area contributed by atoms with Crippen LogP contribution < -0.4 is 9.64 Å². The summed E-state index contributed by atoms with van der Waals surface area (Å²) in [6.45, 7) is 2.36. The van der Waals surface area contributed by atoms with E-state index in [4.69, 9.17) is 9.47 Å². The van der Waals surface area contributed by atoms with Gasteiger partial charge in [-0.2, -0.15) is 0 Å². The Hall–Kier alpha value is -3.80. The number of nitrogens with zero attached hydrogens (tertiary/aromatic N) is 1. The van der Waals surface area contributed by atoms with Crippen LogP contribution in [0.1, 0.15) is 34.3 Å². The van der Waals surface area contributed by atoms with Crippen molar-refractivity contribution in [1.82, 2.24) is 0 Å². The maximum atomic E-state index is 13.1. The number of aromatic carboxylic acids is 1. The maximum Gasteiger partial charge on any atom is 0.414 e. The molecule has 1 aliphatic heterocycles. The van der Waals surface area contributed by atoms with Gasteiger partial charge in [0.15, 0.2) is 0 Å². The average molecular weight is 415 g/mol. The Kier molecular flexibility index (Phi) is 4.62. The van der Waals surface area contributed by atoms with Gasteiger partial charge < -0.3 is 14.6 Å². The number of carboxylic acid groups (broad SMARTS) is 1. The van der Waals surface area contributed by atoms with Gasteiger partial charge in [0, 0.05) is 5.92 Å². The van der Waals surface area contributed by atoms with Gasteiger partial charge in [-0.15, -0.1) is 0 Å². The van der Waals surface area contributed by atoms with Crippen LogP contribution in [-0.4, -0.2) is 36.4 Å². The minimum absolute atomic E-state index is 0.0263. The molecule has 0 bridgehead atoms. The van der Waals surface area contributed by atoms with E-state index >= 15 is 0 Å². The van der Waals surface area contributed by atoms with Crippen LogP contribution in [0.2, 0.25) is 0 Å². The Morgan fingerprint density at radius 2 is 1.68 bits per heavy atom. The smallest absolute Gasteiger partial charge is 0.414 e. The molecular formula is C25H21NO5. The molecule has 0 fully saturated rings. The van der Waals surface area contributed by atoms with Crippen molar-refractivity contribution in [3.05, 3.63) is 83.4 Å². The van der Waals surface area contributed by atoms with Crippen LogP contribution in [0.25, 0.3) is 11.1 Å². The Balaban J connectivity index is 1.40. The molecule has 0 radical (unpaired) electrons. The Morgan fingerprint density at radius 3 is 2.32 bits per heavy atom. The first-order valence-corrected chi connectivity index (χ1v) is 10.2. The van der Waals surface area contributed by atoms with Gasteiger partial charge in [0.1, 0.15) is 19.0 Å². The standard InChI is InChI=1S/C25H21NO5/c1-15-13-30-23-12-16(24(27)28)10-11-22(23)26(15)25(29)31-14-21-19-8-4-2-6-17(19)18-7-3-5-9-20(18)21/h2-12,15,21H,13-14H2,1H3,(H,27,28). The number of benzene rings is 3. The quantitative estimate of drug-likeness (QED) is 0.657. The largest absolute Gasteiger partial charge is 0.489 e. The van der Waals surface area contributed by atoms with Crippen molar-refractivity contribution in [3.8, 4) is 16.9 Å². The maximum absolute atomic E-state index is 13.1. The van der Waals surface area contributed by atoms with Gasteiger partial charge in [0.25, 0.3) is 0 Å². The molecule has 3 aromatic rings. The first kappa shape index (κ1) is 19.2. The van der Waals surface area contributed by atoms with Crippen molar-refractivity contribution in [2.24, 2.45) is 0 Å². The van der Waals surface area contributed by atoms with E-state index in [0.29, 0.717) is 11.4 Å². The number of carbonyl (C=O) groups is 2. The van der Waals surface area contributed by atoms with Gasteiger partial charge in [0.05, 0.1) is 17.3 Å². The van der Waals surface area contributed by atoms with E-state index in [9.17, 15) is 14.7 Å². The third-order valence-electron chi connectivity index (χ3n) is 5.92. The van der Waals surface area contributed by atoms with Crippen molar-refractivity contribution < 1.29 is 24.2 Å². The molecule has 1 atom stereocenters. The molecule has 0 aromatic heterocycles. The third kappa shape index (κ3) is 3.20. The second-order valence-electron chi connectivity index (χ2n) is 7.82. The first-order valence-electron chi connectivity index (χ1n) is 10.2. The molecule has 0 saturated heterocycles. The van der Waals surface area contributed by atoms with Crippen LogP contribution in [0, 0.1) is 0 Å². The van der Waals surface area contributed by atoms with Gasteiger partial charge in [-0.3, -0.25) is 4.90 Å². The minimum Gasteiger partial charge on any atom is -0.489 e. The molecular weight excluding hydrogens is 394 g/mol. The number of carboxylic acids is 1. The molecule has 6 heteroatoms. The Labute approximate surface area is 179 Å². The number of carbonyl (C=O) groups excluding carboxylic acids is 1. The van der Waals surface area contributed by atoms with Crippen molar-refractivity contribution in [1.29, 1.82) is 0 Å². The highest BCUT2D eigenvalue weighted by Gasteiger charge is 2.34. The number of rotatable bonds is 3. The lowest BCUT2D eigenvalue weighted by molar-refractivity contribution is 0.0696. The Bertz CT molecular complexity index is 1140. The van der Waals surface area contributed by atoms with Crippen LogP contribution in [0.15, 0.2) is 66.7 Å². The number of hydrogen-bond donors (Lipinski definition) is 1. The average Bonchev–Trinajstić information content (AvgIpc) is 3.11. The van der Waals surface area contributed by atoms with Crippen LogP contribution in [0.4, 0.5) is 10.5 Å². The summed E-state index contributed by atoms with van der Waals surface area (Å²) in [5.41, 5.74) is 5.27. The van der Waals surface area contributed by atoms with Gasteiger partial charge >= 0.3 is 12.1 Å². The minimum atomic E-state index is -1.04. The number of ether oxygens (including phenoxy) is 2. The number of anilines is 1. The summed E-state index contributed by atoms with van der Waals surface area (Å²) in [4.78, 5) is 25.9. The summed E-state index contributed by atoms with van der Waals surface area (Å²) in [6.07, 6.45) is -0.470. The molecule has 1 N–H and O–H groups in total. The van der Waals surface area contributed by atoms with E-state index < -0.39 is 12.1 Å². The number of amides is 1. The van der Waals surface area contributed by atoms with Crippen molar-refractivity contribution in [2.45, 2.75) is 18.9 Å². The van der Waals surface area contributed by atoms with E-state index in [2.05, 4.69) is 24.3 Å². The molecule has 2 aliphatic rings. The van der Waals surface area contributed by atoms with E-state index in [0.717, 1.165) is 11.1 Å². The summed E-state index contributed by atoms with van der Waals surface area (Å²) in [5, 5.41) is 9.22. The van der Waals surface area contributed by atoms with Crippen molar-refractivity contribution >= 4 is 17.7 Å². The van der Waals surface area contributed by atoms with E-state index in [1.165, 1.54) is 28.2 Å².